The minimum atomic E-state index is -3.83. The lowest BCUT2D eigenvalue weighted by molar-refractivity contribution is 0.284. The molecule has 0 atom stereocenters. The topological polar surface area (TPSA) is 27.7 Å². The van der Waals surface area contributed by atoms with Crippen LogP contribution in [0.3, 0.4) is 0 Å². The molecule has 6 rings (SSSR count). The van der Waals surface area contributed by atoms with Gasteiger partial charge >= 0.3 is 7.32 Å². The zero-order chi connectivity index (χ0) is 41.0. The molecule has 0 aromatic heterocycles. The Labute approximate surface area is 292 Å². The van der Waals surface area contributed by atoms with Crippen LogP contribution in [0.15, 0.2) is 0 Å². The highest BCUT2D eigenvalue weighted by atomic mass is 19.2. The number of fused-ring (bicyclic) bond motifs is 3. The van der Waals surface area contributed by atoms with Gasteiger partial charge in [-0.2, -0.15) is 13.2 Å². The van der Waals surface area contributed by atoms with Crippen molar-refractivity contribution in [1.82, 2.24) is 0 Å². The van der Waals surface area contributed by atoms with Crippen LogP contribution in [0, 0.1) is 125 Å². The zero-order valence-corrected chi connectivity index (χ0v) is 26.6. The second-order valence-electron chi connectivity index (χ2n) is 11.4. The maximum Gasteiger partial charge on any atom is 0.864 e. The molecule has 3 nitrogen and oxygen atoms in total. The number of benzene rings is 6. The van der Waals surface area contributed by atoms with Crippen LogP contribution in [0.1, 0.15) is 16.7 Å². The van der Waals surface area contributed by atoms with Crippen molar-refractivity contribution in [2.45, 2.75) is 20.8 Å². The molecule has 0 aliphatic rings. The van der Waals surface area contributed by atoms with Gasteiger partial charge in [0, 0.05) is 16.2 Å². The molecule has 22 heteroatoms. The molecule has 0 saturated carbocycles. The molecule has 0 bridgehead atoms. The summed E-state index contributed by atoms with van der Waals surface area (Å²) in [6.07, 6.45) is 0. The third-order valence-corrected chi connectivity index (χ3v) is 8.41. The Morgan fingerprint density at radius 3 is 0.618 bits per heavy atom. The van der Waals surface area contributed by atoms with E-state index in [1.165, 1.54) is 0 Å². The number of aryl methyl sites for hydroxylation is 3. The first-order valence-electron chi connectivity index (χ1n) is 14.5. The third-order valence-electron chi connectivity index (χ3n) is 8.41. The molecule has 0 unspecified atom stereocenters. The van der Waals surface area contributed by atoms with Gasteiger partial charge in [0.15, 0.2) is 122 Å². The quantitative estimate of drug-likeness (QED) is 0.0726. The summed E-state index contributed by atoms with van der Waals surface area (Å²) in [7, 11) is -3.83. The predicted molar refractivity (Wildman–Crippen MR) is 153 cm³/mol. The van der Waals surface area contributed by atoms with Crippen LogP contribution < -0.4 is 14.0 Å². The van der Waals surface area contributed by atoms with Crippen LogP contribution in [0.2, 0.25) is 0 Å². The third kappa shape index (κ3) is 5.41. The molecular weight excluding hydrogens is 797 g/mol. The van der Waals surface area contributed by atoms with Crippen molar-refractivity contribution in [3.8, 4) is 17.2 Å². The van der Waals surface area contributed by atoms with E-state index in [1.807, 2.05) is 0 Å². The molecular formula is C33H9BF18O3. The Kier molecular flexibility index (Phi) is 9.40. The van der Waals surface area contributed by atoms with Gasteiger partial charge in [0.2, 0.25) is 0 Å². The molecule has 288 valence electrons. The van der Waals surface area contributed by atoms with Gasteiger partial charge in [-0.25, -0.2) is 65.9 Å². The fraction of sp³-hybridized carbons (Fsp3) is 0.0909. The van der Waals surface area contributed by atoms with Crippen molar-refractivity contribution in [3.63, 3.8) is 0 Å². The van der Waals surface area contributed by atoms with Crippen molar-refractivity contribution >= 4 is 39.6 Å². The van der Waals surface area contributed by atoms with Crippen molar-refractivity contribution in [2.24, 2.45) is 0 Å². The van der Waals surface area contributed by atoms with Gasteiger partial charge in [0.1, 0.15) is 0 Å². The summed E-state index contributed by atoms with van der Waals surface area (Å²) in [6.45, 7) is 1.41. The SMILES string of the molecule is Cc1c(F)c(F)c(OB(Oc2c(F)c(F)c(C)c3c(F)c(F)c(F)c(F)c23)Oc2c(F)c(F)c(C)c3c(F)c(F)c(F)c(F)c23)c2c(F)c(F)c(F)c(F)c12. The number of halogens is 18. The van der Waals surface area contributed by atoms with Gasteiger partial charge in [-0.15, -0.1) is 0 Å². The number of hydrogen-bond acceptors (Lipinski definition) is 3. The van der Waals surface area contributed by atoms with Gasteiger partial charge in [0.25, 0.3) is 0 Å². The van der Waals surface area contributed by atoms with E-state index < -0.39 is 178 Å². The molecule has 0 fully saturated rings. The molecule has 0 N–H and O–H groups in total. The fourth-order valence-electron chi connectivity index (χ4n) is 5.74. The normalized spacial score (nSPS) is 11.7. The van der Waals surface area contributed by atoms with E-state index in [9.17, 15) is 39.5 Å². The number of rotatable bonds is 6. The first kappa shape index (κ1) is 39.0. The highest BCUT2D eigenvalue weighted by Crippen LogP contribution is 2.44. The summed E-state index contributed by atoms with van der Waals surface area (Å²) in [5.74, 6) is -52.9. The first-order chi connectivity index (χ1) is 25.6. The Balaban J connectivity index is 1.74. The van der Waals surface area contributed by atoms with Crippen LogP contribution in [-0.4, -0.2) is 7.32 Å². The van der Waals surface area contributed by atoms with Crippen molar-refractivity contribution in [3.05, 3.63) is 121 Å². The predicted octanol–water partition coefficient (Wildman–Crippen LogP) is 11.1. The maximum absolute atomic E-state index is 15.5. The Hall–Kier alpha value is -5.70. The van der Waals surface area contributed by atoms with Crippen LogP contribution in [0.4, 0.5) is 79.0 Å². The smallest absolute Gasteiger partial charge is 0.486 e. The molecule has 6 aromatic carbocycles. The monoisotopic (exact) mass is 806 g/mol. The maximum atomic E-state index is 15.5. The summed E-state index contributed by atoms with van der Waals surface area (Å²) < 4.78 is 282. The second kappa shape index (κ2) is 13.3. The summed E-state index contributed by atoms with van der Waals surface area (Å²) >= 11 is 0. The summed E-state index contributed by atoms with van der Waals surface area (Å²) in [4.78, 5) is 0. The first-order valence-corrected chi connectivity index (χ1v) is 14.5. The Morgan fingerprint density at radius 1 is 0.236 bits per heavy atom. The van der Waals surface area contributed by atoms with E-state index in [0.717, 1.165) is 0 Å². The van der Waals surface area contributed by atoms with Gasteiger partial charge in [-0.3, -0.25) is 0 Å². The van der Waals surface area contributed by atoms with Gasteiger partial charge in [0.05, 0.1) is 16.2 Å². The summed E-state index contributed by atoms with van der Waals surface area (Å²) in [5.41, 5.74) is -3.98. The van der Waals surface area contributed by atoms with E-state index >= 15 is 39.5 Å². The average Bonchev–Trinajstić information content (AvgIpc) is 3.15. The minimum Gasteiger partial charge on any atom is -0.486 e. The lowest BCUT2D eigenvalue weighted by Gasteiger charge is -2.23. The molecule has 0 radical (unpaired) electrons. The van der Waals surface area contributed by atoms with E-state index in [4.69, 9.17) is 14.0 Å². The molecule has 0 spiro atoms. The van der Waals surface area contributed by atoms with Gasteiger partial charge in [-0.05, 0) is 37.5 Å². The van der Waals surface area contributed by atoms with Gasteiger partial charge in [-0.1, -0.05) is 0 Å². The lowest BCUT2D eigenvalue weighted by atomic mass is 9.99. The molecule has 0 aliphatic heterocycles. The average molecular weight is 806 g/mol. The second-order valence-corrected chi connectivity index (χ2v) is 11.4. The largest absolute Gasteiger partial charge is 0.864 e. The van der Waals surface area contributed by atoms with Crippen LogP contribution in [-0.2, 0) is 0 Å². The highest BCUT2D eigenvalue weighted by Gasteiger charge is 2.42. The minimum absolute atomic E-state index is 0.470. The van der Waals surface area contributed by atoms with Crippen molar-refractivity contribution in [2.75, 3.05) is 0 Å². The van der Waals surface area contributed by atoms with Crippen molar-refractivity contribution in [1.29, 1.82) is 0 Å². The van der Waals surface area contributed by atoms with Crippen LogP contribution in [0.25, 0.3) is 32.3 Å². The standard InChI is InChI=1S/C33H9BF18O3/c1-4-7-10(19(41)25(47)22(44)16(7)38)31(28(50)13(4)35)53-34(54-32-11-8(5(2)14(36)29(32)51)17(39)23(45)26(48)20(11)42)55-33-12-9(6(3)15(37)30(33)52)18(40)24(46)27(49)21(12)43/h1-3H3. The van der Waals surface area contributed by atoms with E-state index in [-0.39, 0.29) is 0 Å². The highest BCUT2D eigenvalue weighted by molar-refractivity contribution is 6.40. The molecule has 0 amide bonds. The molecule has 6 aromatic rings. The zero-order valence-electron chi connectivity index (χ0n) is 26.6. The molecule has 0 heterocycles. The van der Waals surface area contributed by atoms with E-state index in [0.29, 0.717) is 20.8 Å². The lowest BCUT2D eigenvalue weighted by Crippen LogP contribution is -2.38. The molecule has 0 saturated heterocycles. The van der Waals surface area contributed by atoms with Gasteiger partial charge < -0.3 is 14.0 Å². The van der Waals surface area contributed by atoms with E-state index in [1.54, 1.807) is 0 Å². The van der Waals surface area contributed by atoms with E-state index in [2.05, 4.69) is 0 Å². The fourth-order valence-corrected chi connectivity index (χ4v) is 5.74. The Morgan fingerprint density at radius 2 is 0.418 bits per heavy atom. The molecule has 0 aliphatic carbocycles. The van der Waals surface area contributed by atoms with Crippen molar-refractivity contribution < 1.29 is 93.0 Å². The molecule has 55 heavy (non-hydrogen) atoms. The number of hydrogen-bond donors (Lipinski definition) is 0. The van der Waals surface area contributed by atoms with Crippen LogP contribution in [0.5, 0.6) is 17.2 Å². The van der Waals surface area contributed by atoms with Crippen LogP contribution >= 0.6 is 0 Å². The summed E-state index contributed by atoms with van der Waals surface area (Å²) in [5, 5.41) is -10.9. The Bertz CT molecular complexity index is 2400. The summed E-state index contributed by atoms with van der Waals surface area (Å²) in [6, 6.07) is 0.